The van der Waals surface area contributed by atoms with Crippen LogP contribution < -0.4 is 5.32 Å². The van der Waals surface area contributed by atoms with Crippen molar-refractivity contribution in [2.75, 3.05) is 20.2 Å². The van der Waals surface area contributed by atoms with Gasteiger partial charge in [-0.1, -0.05) is 19.8 Å². The lowest BCUT2D eigenvalue weighted by Gasteiger charge is -2.51. The Labute approximate surface area is 118 Å². The summed E-state index contributed by atoms with van der Waals surface area (Å²) in [5, 5.41) is 3.58. The Kier molecular flexibility index (Phi) is 4.45. The second-order valence-electron chi connectivity index (χ2n) is 6.88. The molecule has 3 heteroatoms. The van der Waals surface area contributed by atoms with Gasteiger partial charge in [-0.15, -0.1) is 0 Å². The molecular weight excluding hydrogens is 236 g/mol. The van der Waals surface area contributed by atoms with Crippen molar-refractivity contribution in [3.05, 3.63) is 0 Å². The maximum absolute atomic E-state index is 6.04. The van der Waals surface area contributed by atoms with Gasteiger partial charge in [0.05, 0.1) is 12.7 Å². The lowest BCUT2D eigenvalue weighted by molar-refractivity contribution is -0.112. The molecule has 1 aliphatic heterocycles. The summed E-state index contributed by atoms with van der Waals surface area (Å²) in [5.74, 6) is 0.888. The Hall–Kier alpha value is -0.120. The molecule has 0 amide bonds. The minimum atomic E-state index is 0.525. The molecule has 1 heterocycles. The number of hydrogen-bond acceptors (Lipinski definition) is 3. The number of rotatable bonds is 2. The summed E-state index contributed by atoms with van der Waals surface area (Å²) in [5.41, 5.74) is 0. The van der Waals surface area contributed by atoms with Gasteiger partial charge in [-0.3, -0.25) is 4.90 Å². The molecule has 2 saturated carbocycles. The molecule has 3 nitrogen and oxygen atoms in total. The van der Waals surface area contributed by atoms with Crippen molar-refractivity contribution in [2.24, 2.45) is 5.92 Å². The fourth-order valence-electron chi connectivity index (χ4n) is 4.59. The Morgan fingerprint density at radius 3 is 2.74 bits per heavy atom. The van der Waals surface area contributed by atoms with E-state index in [1.165, 1.54) is 44.9 Å². The largest absolute Gasteiger partial charge is 0.375 e. The minimum Gasteiger partial charge on any atom is -0.375 e. The molecule has 2 aliphatic carbocycles. The first kappa shape index (κ1) is 13.8. The van der Waals surface area contributed by atoms with Crippen molar-refractivity contribution in [2.45, 2.75) is 76.1 Å². The minimum absolute atomic E-state index is 0.525. The molecule has 0 aromatic carbocycles. The molecule has 3 aliphatic rings. The van der Waals surface area contributed by atoms with Crippen molar-refractivity contribution in [1.29, 1.82) is 0 Å². The fourth-order valence-corrected chi connectivity index (χ4v) is 4.59. The van der Waals surface area contributed by atoms with E-state index in [2.05, 4.69) is 24.2 Å². The Morgan fingerprint density at radius 1 is 1.05 bits per heavy atom. The van der Waals surface area contributed by atoms with Crippen LogP contribution in [-0.2, 0) is 4.74 Å². The highest BCUT2D eigenvalue weighted by Gasteiger charge is 2.41. The van der Waals surface area contributed by atoms with Gasteiger partial charge in [0.1, 0.15) is 0 Å². The average Bonchev–Trinajstić information content (AvgIpc) is 2.46. The van der Waals surface area contributed by atoms with E-state index in [0.29, 0.717) is 18.2 Å². The van der Waals surface area contributed by atoms with E-state index in [1.807, 2.05) is 0 Å². The summed E-state index contributed by atoms with van der Waals surface area (Å²) in [4.78, 5) is 2.82. The van der Waals surface area contributed by atoms with Crippen LogP contribution in [-0.4, -0.2) is 49.3 Å². The number of hydrogen-bond donors (Lipinski definition) is 1. The third kappa shape index (κ3) is 2.84. The van der Waals surface area contributed by atoms with E-state index in [9.17, 15) is 0 Å². The highest BCUT2D eigenvalue weighted by atomic mass is 16.5. The molecule has 19 heavy (non-hydrogen) atoms. The van der Waals surface area contributed by atoms with Crippen molar-refractivity contribution in [3.8, 4) is 0 Å². The van der Waals surface area contributed by atoms with Crippen LogP contribution in [0.15, 0.2) is 0 Å². The van der Waals surface area contributed by atoms with Crippen LogP contribution in [0.25, 0.3) is 0 Å². The average molecular weight is 266 g/mol. The molecule has 110 valence electrons. The number of nitrogens with one attached hydrogen (secondary N) is 1. The van der Waals surface area contributed by atoms with Crippen LogP contribution in [0.5, 0.6) is 0 Å². The summed E-state index contributed by atoms with van der Waals surface area (Å²) < 4.78 is 6.04. The van der Waals surface area contributed by atoms with Gasteiger partial charge in [-0.25, -0.2) is 0 Å². The third-order valence-electron chi connectivity index (χ3n) is 5.65. The monoisotopic (exact) mass is 266 g/mol. The van der Waals surface area contributed by atoms with E-state index in [1.54, 1.807) is 0 Å². The van der Waals surface area contributed by atoms with Gasteiger partial charge in [0.25, 0.3) is 0 Å². The van der Waals surface area contributed by atoms with Gasteiger partial charge in [0.2, 0.25) is 0 Å². The van der Waals surface area contributed by atoms with Crippen LogP contribution in [0.4, 0.5) is 0 Å². The maximum atomic E-state index is 6.04. The number of nitrogens with zero attached hydrogens (tertiary/aromatic N) is 1. The smallest absolute Gasteiger partial charge is 0.0731 e. The van der Waals surface area contributed by atoms with Gasteiger partial charge >= 0.3 is 0 Å². The van der Waals surface area contributed by atoms with Crippen LogP contribution in [0.3, 0.4) is 0 Å². The summed E-state index contributed by atoms with van der Waals surface area (Å²) in [6.07, 6.45) is 10.0. The summed E-state index contributed by atoms with van der Waals surface area (Å²) in [6, 6.07) is 2.13. The van der Waals surface area contributed by atoms with Gasteiger partial charge in [-0.05, 0) is 45.1 Å². The van der Waals surface area contributed by atoms with Crippen molar-refractivity contribution in [1.82, 2.24) is 10.2 Å². The number of morpholine rings is 1. The van der Waals surface area contributed by atoms with Crippen LogP contribution >= 0.6 is 0 Å². The van der Waals surface area contributed by atoms with E-state index in [0.717, 1.165) is 25.1 Å². The van der Waals surface area contributed by atoms with E-state index in [-0.39, 0.29) is 0 Å². The fraction of sp³-hybridized carbons (Fsp3) is 1.00. The molecule has 3 fully saturated rings. The SMILES string of the molecule is CNC1CCC(C)CC1N1CCOC2CCCCC21. The number of likely N-dealkylation sites (N-methyl/N-ethyl adjacent to an activating group) is 1. The van der Waals surface area contributed by atoms with Gasteiger partial charge in [0.15, 0.2) is 0 Å². The second-order valence-corrected chi connectivity index (χ2v) is 6.88. The molecule has 0 radical (unpaired) electrons. The summed E-state index contributed by atoms with van der Waals surface area (Å²) in [6.45, 7) is 4.52. The Morgan fingerprint density at radius 2 is 1.89 bits per heavy atom. The van der Waals surface area contributed by atoms with E-state index < -0.39 is 0 Å². The molecule has 5 unspecified atom stereocenters. The first-order valence-corrected chi connectivity index (χ1v) is 8.34. The lowest BCUT2D eigenvalue weighted by atomic mass is 9.80. The van der Waals surface area contributed by atoms with Crippen LogP contribution in [0.2, 0.25) is 0 Å². The van der Waals surface area contributed by atoms with Gasteiger partial charge in [-0.2, -0.15) is 0 Å². The molecule has 3 rings (SSSR count). The molecule has 5 atom stereocenters. The first-order valence-electron chi connectivity index (χ1n) is 8.34. The Bertz CT molecular complexity index is 294. The molecule has 1 saturated heterocycles. The van der Waals surface area contributed by atoms with Crippen LogP contribution in [0, 0.1) is 5.92 Å². The van der Waals surface area contributed by atoms with Crippen LogP contribution in [0.1, 0.15) is 51.9 Å². The van der Waals surface area contributed by atoms with Gasteiger partial charge in [0, 0.05) is 24.7 Å². The standard InChI is InChI=1S/C16H30N2O/c1-12-7-8-13(17-2)15(11-12)18-9-10-19-16-6-4-3-5-14(16)18/h12-17H,3-11H2,1-2H3. The predicted molar refractivity (Wildman–Crippen MR) is 78.4 cm³/mol. The highest BCUT2D eigenvalue weighted by Crippen LogP contribution is 2.35. The normalized spacial score (nSPS) is 44.8. The molecule has 0 spiro atoms. The summed E-state index contributed by atoms with van der Waals surface area (Å²) >= 11 is 0. The van der Waals surface area contributed by atoms with Crippen molar-refractivity contribution < 1.29 is 4.74 Å². The molecule has 0 bridgehead atoms. The zero-order valence-electron chi connectivity index (χ0n) is 12.6. The van der Waals surface area contributed by atoms with Crippen molar-refractivity contribution in [3.63, 3.8) is 0 Å². The molecule has 0 aromatic heterocycles. The molecule has 0 aromatic rings. The highest BCUT2D eigenvalue weighted by molar-refractivity contribution is 4.96. The molecular formula is C16H30N2O. The topological polar surface area (TPSA) is 24.5 Å². The second kappa shape index (κ2) is 6.11. The zero-order valence-corrected chi connectivity index (χ0v) is 12.6. The number of ether oxygens (including phenoxy) is 1. The quantitative estimate of drug-likeness (QED) is 0.830. The first-order chi connectivity index (χ1) is 9.29. The maximum Gasteiger partial charge on any atom is 0.0731 e. The predicted octanol–water partition coefficient (Wildman–Crippen LogP) is 2.41. The van der Waals surface area contributed by atoms with Crippen molar-refractivity contribution >= 4 is 0 Å². The third-order valence-corrected chi connectivity index (χ3v) is 5.65. The zero-order chi connectivity index (χ0) is 13.2. The number of fused-ring (bicyclic) bond motifs is 1. The Balaban J connectivity index is 1.74. The van der Waals surface area contributed by atoms with E-state index in [4.69, 9.17) is 4.74 Å². The lowest BCUT2D eigenvalue weighted by Crippen LogP contribution is -2.62. The van der Waals surface area contributed by atoms with Gasteiger partial charge < -0.3 is 10.1 Å². The summed E-state index contributed by atoms with van der Waals surface area (Å²) in [7, 11) is 2.15. The molecule has 1 N–H and O–H groups in total. The van der Waals surface area contributed by atoms with E-state index >= 15 is 0 Å².